The first-order chi connectivity index (χ1) is 15.3. The van der Waals surface area contributed by atoms with Gasteiger partial charge in [0.2, 0.25) is 0 Å². The molecule has 3 rings (SSSR count). The van der Waals surface area contributed by atoms with Crippen molar-refractivity contribution in [1.29, 1.82) is 0 Å². The molecule has 0 radical (unpaired) electrons. The molecule has 0 spiro atoms. The van der Waals surface area contributed by atoms with Crippen LogP contribution < -0.4 is 15.4 Å². The van der Waals surface area contributed by atoms with Gasteiger partial charge in [0.1, 0.15) is 12.4 Å². The lowest BCUT2D eigenvalue weighted by molar-refractivity contribution is 0.0322. The van der Waals surface area contributed by atoms with Gasteiger partial charge in [0, 0.05) is 45.8 Å². The van der Waals surface area contributed by atoms with Crippen LogP contribution in [0.4, 0.5) is 0 Å². The zero-order valence-corrected chi connectivity index (χ0v) is 21.7. The largest absolute Gasteiger partial charge is 0.492 e. The number of morpholine rings is 2. The van der Waals surface area contributed by atoms with Gasteiger partial charge in [-0.25, -0.2) is 4.99 Å². The van der Waals surface area contributed by atoms with E-state index in [2.05, 4.69) is 39.5 Å². The highest BCUT2D eigenvalue weighted by Crippen LogP contribution is 2.14. The van der Waals surface area contributed by atoms with Crippen LogP contribution in [0.2, 0.25) is 0 Å². The van der Waals surface area contributed by atoms with Crippen LogP contribution in [0.5, 0.6) is 5.75 Å². The first kappa shape index (κ1) is 27.1. The van der Waals surface area contributed by atoms with Gasteiger partial charge in [0.05, 0.1) is 33.0 Å². The van der Waals surface area contributed by atoms with Crippen LogP contribution in [0, 0.1) is 0 Å². The average molecular weight is 562 g/mol. The summed E-state index contributed by atoms with van der Waals surface area (Å²) < 4.78 is 16.8. The molecule has 32 heavy (non-hydrogen) atoms. The average Bonchev–Trinajstić information content (AvgIpc) is 2.82. The van der Waals surface area contributed by atoms with Crippen LogP contribution in [-0.4, -0.2) is 101 Å². The summed E-state index contributed by atoms with van der Waals surface area (Å²) in [5.74, 6) is 1.77. The second-order valence-corrected chi connectivity index (χ2v) is 7.88. The fourth-order valence-corrected chi connectivity index (χ4v) is 3.70. The van der Waals surface area contributed by atoms with Gasteiger partial charge >= 0.3 is 0 Å². The van der Waals surface area contributed by atoms with Gasteiger partial charge in [0.25, 0.3) is 0 Å². The first-order valence-electron chi connectivity index (χ1n) is 11.7. The van der Waals surface area contributed by atoms with E-state index in [9.17, 15) is 0 Å². The predicted octanol–water partition coefficient (Wildman–Crippen LogP) is 1.79. The number of aliphatic imine (C=N–C) groups is 1. The lowest BCUT2D eigenvalue weighted by Gasteiger charge is -2.26. The molecule has 0 atom stereocenters. The molecule has 8 nitrogen and oxygen atoms in total. The topological polar surface area (TPSA) is 70.6 Å². The third-order valence-electron chi connectivity index (χ3n) is 5.49. The third kappa shape index (κ3) is 10.7. The van der Waals surface area contributed by atoms with Gasteiger partial charge < -0.3 is 24.8 Å². The van der Waals surface area contributed by atoms with Crippen LogP contribution in [0.1, 0.15) is 18.9 Å². The Morgan fingerprint density at radius 3 is 2.38 bits per heavy atom. The molecule has 2 aliphatic heterocycles. The van der Waals surface area contributed by atoms with Gasteiger partial charge in [-0.2, -0.15) is 0 Å². The normalized spacial score (nSPS) is 18.1. The van der Waals surface area contributed by atoms with Crippen molar-refractivity contribution in [3.63, 3.8) is 0 Å². The standard InChI is InChI=1S/C23H39N5O3.HI/c1-2-24-23(25-7-4-8-27-9-14-29-15-10-27)26-20-21-5-3-6-22(19-21)31-18-13-28-11-16-30-17-12-28;/h3,5-6,19H,2,4,7-18,20H2,1H3,(H2,24,25,26);1H. The van der Waals surface area contributed by atoms with Crippen LogP contribution in [-0.2, 0) is 16.0 Å². The SMILES string of the molecule is CCNC(=NCc1cccc(OCCN2CCOCC2)c1)NCCCN1CCOCC1.I. The van der Waals surface area contributed by atoms with Crippen molar-refractivity contribution in [3.05, 3.63) is 29.8 Å². The number of hydrogen-bond donors (Lipinski definition) is 2. The molecular weight excluding hydrogens is 521 g/mol. The monoisotopic (exact) mass is 561 g/mol. The molecule has 0 unspecified atom stereocenters. The smallest absolute Gasteiger partial charge is 0.191 e. The van der Waals surface area contributed by atoms with Crippen molar-refractivity contribution in [2.24, 2.45) is 4.99 Å². The number of benzene rings is 1. The molecule has 0 saturated carbocycles. The lowest BCUT2D eigenvalue weighted by Crippen LogP contribution is -2.40. The van der Waals surface area contributed by atoms with Gasteiger partial charge in [-0.1, -0.05) is 12.1 Å². The Balaban J connectivity index is 0.00000363. The minimum Gasteiger partial charge on any atom is -0.492 e. The Morgan fingerprint density at radius 2 is 1.69 bits per heavy atom. The number of ether oxygens (including phenoxy) is 3. The maximum absolute atomic E-state index is 5.97. The van der Waals surface area contributed by atoms with E-state index in [1.54, 1.807) is 0 Å². The van der Waals surface area contributed by atoms with Crippen molar-refractivity contribution in [1.82, 2.24) is 20.4 Å². The summed E-state index contributed by atoms with van der Waals surface area (Å²) in [7, 11) is 0. The fraction of sp³-hybridized carbons (Fsp3) is 0.696. The minimum absolute atomic E-state index is 0. The number of hydrogen-bond acceptors (Lipinski definition) is 6. The van der Waals surface area contributed by atoms with E-state index in [-0.39, 0.29) is 24.0 Å². The van der Waals surface area contributed by atoms with Gasteiger partial charge in [-0.05, 0) is 37.6 Å². The molecular formula is C23H40IN5O3. The number of halogens is 1. The summed E-state index contributed by atoms with van der Waals surface area (Å²) >= 11 is 0. The van der Waals surface area contributed by atoms with Crippen molar-refractivity contribution in [3.8, 4) is 5.75 Å². The minimum atomic E-state index is 0. The number of guanidine groups is 1. The Bertz CT molecular complexity index is 652. The Hall–Kier alpha value is -1.14. The van der Waals surface area contributed by atoms with Crippen LogP contribution in [0.3, 0.4) is 0 Å². The van der Waals surface area contributed by atoms with Crippen molar-refractivity contribution >= 4 is 29.9 Å². The highest BCUT2D eigenvalue weighted by atomic mass is 127. The fourth-order valence-electron chi connectivity index (χ4n) is 3.70. The molecule has 1 aromatic carbocycles. The highest BCUT2D eigenvalue weighted by molar-refractivity contribution is 14.0. The Morgan fingerprint density at radius 1 is 1.00 bits per heavy atom. The van der Waals surface area contributed by atoms with Gasteiger partial charge in [-0.3, -0.25) is 9.80 Å². The highest BCUT2D eigenvalue weighted by Gasteiger charge is 2.10. The lowest BCUT2D eigenvalue weighted by atomic mass is 10.2. The van der Waals surface area contributed by atoms with E-state index in [0.29, 0.717) is 13.2 Å². The molecule has 2 N–H and O–H groups in total. The summed E-state index contributed by atoms with van der Waals surface area (Å²) in [5, 5.41) is 6.78. The van der Waals surface area contributed by atoms with E-state index >= 15 is 0 Å². The molecule has 2 saturated heterocycles. The molecule has 0 aromatic heterocycles. The van der Waals surface area contributed by atoms with Crippen molar-refractivity contribution < 1.29 is 14.2 Å². The Labute approximate surface area is 210 Å². The maximum Gasteiger partial charge on any atom is 0.191 e. The van der Waals surface area contributed by atoms with Crippen LogP contribution >= 0.6 is 24.0 Å². The molecule has 2 aliphatic rings. The van der Waals surface area contributed by atoms with Crippen molar-refractivity contribution in [2.45, 2.75) is 19.9 Å². The van der Waals surface area contributed by atoms with Crippen LogP contribution in [0.15, 0.2) is 29.3 Å². The summed E-state index contributed by atoms with van der Waals surface area (Å²) in [5.41, 5.74) is 1.15. The second kappa shape index (κ2) is 16.5. The van der Waals surface area contributed by atoms with Crippen LogP contribution in [0.25, 0.3) is 0 Å². The molecule has 0 bridgehead atoms. The molecule has 0 amide bonds. The van der Waals surface area contributed by atoms with Gasteiger partial charge in [-0.15, -0.1) is 24.0 Å². The summed E-state index contributed by atoms with van der Waals surface area (Å²) in [4.78, 5) is 9.58. The first-order valence-corrected chi connectivity index (χ1v) is 11.7. The summed E-state index contributed by atoms with van der Waals surface area (Å²) in [6, 6.07) is 8.24. The van der Waals surface area contributed by atoms with E-state index in [4.69, 9.17) is 19.2 Å². The zero-order chi connectivity index (χ0) is 21.6. The Kier molecular flexibility index (Phi) is 14.0. The molecule has 182 valence electrons. The molecule has 1 aromatic rings. The number of nitrogens with zero attached hydrogens (tertiary/aromatic N) is 3. The number of rotatable bonds is 11. The maximum atomic E-state index is 5.97. The molecule has 2 fully saturated rings. The van der Waals surface area contributed by atoms with Gasteiger partial charge in [0.15, 0.2) is 5.96 Å². The summed E-state index contributed by atoms with van der Waals surface area (Å²) in [6.07, 6.45) is 1.09. The van der Waals surface area contributed by atoms with E-state index in [1.807, 2.05) is 12.1 Å². The predicted molar refractivity (Wildman–Crippen MR) is 139 cm³/mol. The second-order valence-electron chi connectivity index (χ2n) is 7.88. The van der Waals surface area contributed by atoms with E-state index in [0.717, 1.165) is 102 Å². The molecule has 2 heterocycles. The zero-order valence-electron chi connectivity index (χ0n) is 19.4. The van der Waals surface area contributed by atoms with E-state index < -0.39 is 0 Å². The quantitative estimate of drug-likeness (QED) is 0.185. The van der Waals surface area contributed by atoms with Crippen molar-refractivity contribution in [2.75, 3.05) is 85.4 Å². The van der Waals surface area contributed by atoms with E-state index in [1.165, 1.54) is 0 Å². The summed E-state index contributed by atoms with van der Waals surface area (Å²) in [6.45, 7) is 14.6. The molecule has 9 heteroatoms. The molecule has 0 aliphatic carbocycles. The number of nitrogens with one attached hydrogen (secondary N) is 2. The third-order valence-corrected chi connectivity index (χ3v) is 5.49.